The maximum Gasteiger partial charge on any atom is 0.235 e. The van der Waals surface area contributed by atoms with E-state index in [0.29, 0.717) is 0 Å². The molecule has 18 heavy (non-hydrogen) atoms. The van der Waals surface area contributed by atoms with Crippen molar-refractivity contribution in [3.05, 3.63) is 47.8 Å². The van der Waals surface area contributed by atoms with Gasteiger partial charge in [0.2, 0.25) is 6.08 Å². The lowest BCUT2D eigenvalue weighted by Crippen LogP contribution is -2.03. The van der Waals surface area contributed by atoms with Crippen molar-refractivity contribution in [1.82, 2.24) is 9.78 Å². The molecule has 1 saturated carbocycles. The Morgan fingerprint density at radius 1 is 1.28 bits per heavy atom. The van der Waals surface area contributed by atoms with Crippen LogP contribution in [-0.2, 0) is 10.3 Å². The molecular weight excluding hydrogens is 226 g/mol. The van der Waals surface area contributed by atoms with Gasteiger partial charge in [0.25, 0.3) is 0 Å². The van der Waals surface area contributed by atoms with Crippen molar-refractivity contribution in [3.8, 4) is 5.69 Å². The predicted octanol–water partition coefficient (Wildman–Crippen LogP) is 2.51. The highest BCUT2D eigenvalue weighted by atomic mass is 16.1. The van der Waals surface area contributed by atoms with Crippen LogP contribution in [0.4, 0.5) is 0 Å². The number of hydrogen-bond donors (Lipinski definition) is 0. The molecule has 0 atom stereocenters. The molecule has 0 saturated heterocycles. The molecule has 0 bridgehead atoms. The lowest BCUT2D eigenvalue weighted by molar-refractivity contribution is 0.556. The van der Waals surface area contributed by atoms with Crippen molar-refractivity contribution in [3.63, 3.8) is 0 Å². The predicted molar refractivity (Wildman–Crippen MR) is 67.3 cm³/mol. The van der Waals surface area contributed by atoms with Crippen molar-refractivity contribution < 1.29 is 4.79 Å². The highest BCUT2D eigenvalue weighted by molar-refractivity contribution is 5.44. The van der Waals surface area contributed by atoms with Gasteiger partial charge in [-0.25, -0.2) is 9.48 Å². The number of aliphatic imine (C=N–C) groups is 1. The molecule has 3 rings (SSSR count). The first-order valence-electron chi connectivity index (χ1n) is 5.96. The molecule has 90 valence electrons. The average Bonchev–Trinajstić information content (AvgIpc) is 3.05. The van der Waals surface area contributed by atoms with Gasteiger partial charge in [-0.05, 0) is 43.5 Å². The molecule has 1 aliphatic rings. The second-order valence-electron chi connectivity index (χ2n) is 4.67. The molecule has 1 aromatic heterocycles. The molecule has 0 spiro atoms. The summed E-state index contributed by atoms with van der Waals surface area (Å²) in [5.41, 5.74) is 2.90. The SMILES string of the molecule is Cc1ccnn1-c1ccc(C2(N=C=O)CC2)cc1. The van der Waals surface area contributed by atoms with Gasteiger partial charge >= 0.3 is 0 Å². The lowest BCUT2D eigenvalue weighted by Gasteiger charge is -2.10. The number of carbonyl (C=O) groups excluding carboxylic acids is 1. The quantitative estimate of drug-likeness (QED) is 0.610. The topological polar surface area (TPSA) is 47.2 Å². The maximum atomic E-state index is 10.4. The van der Waals surface area contributed by atoms with Crippen molar-refractivity contribution in [2.75, 3.05) is 0 Å². The Bertz CT molecular complexity index is 617. The first kappa shape index (κ1) is 10.9. The van der Waals surface area contributed by atoms with Crippen LogP contribution in [0, 0.1) is 6.92 Å². The summed E-state index contributed by atoms with van der Waals surface area (Å²) >= 11 is 0. The van der Waals surface area contributed by atoms with Gasteiger partial charge < -0.3 is 0 Å². The summed E-state index contributed by atoms with van der Waals surface area (Å²) in [5.74, 6) is 0. The number of nitrogens with zero attached hydrogens (tertiary/aromatic N) is 3. The van der Waals surface area contributed by atoms with Crippen LogP contribution >= 0.6 is 0 Å². The summed E-state index contributed by atoms with van der Waals surface area (Å²) < 4.78 is 1.88. The summed E-state index contributed by atoms with van der Waals surface area (Å²) in [4.78, 5) is 14.3. The second kappa shape index (κ2) is 3.93. The van der Waals surface area contributed by atoms with Crippen LogP contribution in [0.15, 0.2) is 41.5 Å². The van der Waals surface area contributed by atoms with E-state index in [1.54, 1.807) is 12.3 Å². The monoisotopic (exact) mass is 239 g/mol. The summed E-state index contributed by atoms with van der Waals surface area (Å²) in [6.07, 6.45) is 5.32. The molecule has 1 aromatic carbocycles. The highest BCUT2D eigenvalue weighted by Crippen LogP contribution is 2.49. The van der Waals surface area contributed by atoms with Gasteiger partial charge in [0.15, 0.2) is 0 Å². The van der Waals surface area contributed by atoms with Gasteiger partial charge in [-0.2, -0.15) is 10.1 Å². The Kier molecular flexibility index (Phi) is 2.39. The Balaban J connectivity index is 1.95. The molecule has 0 radical (unpaired) electrons. The molecular formula is C14H13N3O. The van der Waals surface area contributed by atoms with E-state index in [9.17, 15) is 4.79 Å². The minimum atomic E-state index is -0.292. The second-order valence-corrected chi connectivity index (χ2v) is 4.67. The zero-order chi connectivity index (χ0) is 12.6. The van der Waals surface area contributed by atoms with Crippen LogP contribution in [-0.4, -0.2) is 15.9 Å². The molecule has 0 unspecified atom stereocenters. The average molecular weight is 239 g/mol. The first-order valence-corrected chi connectivity index (χ1v) is 5.96. The van der Waals surface area contributed by atoms with E-state index in [2.05, 4.69) is 10.1 Å². The van der Waals surface area contributed by atoms with Crippen molar-refractivity contribution >= 4 is 6.08 Å². The van der Waals surface area contributed by atoms with Crippen LogP contribution in [0.1, 0.15) is 24.1 Å². The maximum absolute atomic E-state index is 10.4. The summed E-state index contributed by atoms with van der Waals surface area (Å²) in [6, 6.07) is 10.0. The Hall–Kier alpha value is -2.19. The van der Waals surface area contributed by atoms with Gasteiger partial charge in [0.05, 0.1) is 11.2 Å². The highest BCUT2D eigenvalue weighted by Gasteiger charge is 2.44. The van der Waals surface area contributed by atoms with Crippen LogP contribution in [0.2, 0.25) is 0 Å². The molecule has 1 heterocycles. The van der Waals surface area contributed by atoms with E-state index in [0.717, 1.165) is 29.8 Å². The fourth-order valence-electron chi connectivity index (χ4n) is 2.22. The third-order valence-corrected chi connectivity index (χ3v) is 3.46. The minimum absolute atomic E-state index is 0.292. The Labute approximate surface area is 105 Å². The Morgan fingerprint density at radius 2 is 2.00 bits per heavy atom. The molecule has 0 aliphatic heterocycles. The fourth-order valence-corrected chi connectivity index (χ4v) is 2.22. The fraction of sp³-hybridized carbons (Fsp3) is 0.286. The smallest absolute Gasteiger partial charge is 0.235 e. The molecule has 1 aliphatic carbocycles. The molecule has 0 N–H and O–H groups in total. The number of rotatable bonds is 3. The van der Waals surface area contributed by atoms with E-state index in [1.807, 2.05) is 41.9 Å². The number of hydrogen-bond acceptors (Lipinski definition) is 3. The van der Waals surface area contributed by atoms with Gasteiger partial charge in [-0.15, -0.1) is 0 Å². The third-order valence-electron chi connectivity index (χ3n) is 3.46. The molecule has 4 heteroatoms. The number of aromatic nitrogens is 2. The van der Waals surface area contributed by atoms with Crippen LogP contribution in [0.3, 0.4) is 0 Å². The molecule has 4 nitrogen and oxygen atoms in total. The molecule has 0 amide bonds. The van der Waals surface area contributed by atoms with E-state index < -0.39 is 0 Å². The van der Waals surface area contributed by atoms with Crippen molar-refractivity contribution in [2.45, 2.75) is 25.3 Å². The summed E-state index contributed by atoms with van der Waals surface area (Å²) in [5, 5.41) is 4.26. The van der Waals surface area contributed by atoms with Crippen LogP contribution in [0.25, 0.3) is 5.69 Å². The van der Waals surface area contributed by atoms with Crippen LogP contribution < -0.4 is 0 Å². The molecule has 1 fully saturated rings. The molecule has 2 aromatic rings. The normalized spacial score (nSPS) is 16.1. The van der Waals surface area contributed by atoms with Gasteiger partial charge in [-0.1, -0.05) is 12.1 Å². The van der Waals surface area contributed by atoms with E-state index in [4.69, 9.17) is 0 Å². The zero-order valence-electron chi connectivity index (χ0n) is 10.1. The standard InChI is InChI=1S/C14H13N3O/c1-11-6-9-16-17(11)13-4-2-12(3-5-13)14(7-8-14)15-10-18/h2-6,9H,7-8H2,1H3. The largest absolute Gasteiger partial charge is 0.238 e. The lowest BCUT2D eigenvalue weighted by atomic mass is 10.1. The first-order chi connectivity index (χ1) is 8.75. The van der Waals surface area contributed by atoms with E-state index in [-0.39, 0.29) is 5.54 Å². The third kappa shape index (κ3) is 1.67. The zero-order valence-corrected chi connectivity index (χ0v) is 10.1. The summed E-state index contributed by atoms with van der Waals surface area (Å²) in [7, 11) is 0. The van der Waals surface area contributed by atoms with Gasteiger partial charge in [0, 0.05) is 11.9 Å². The number of benzene rings is 1. The Morgan fingerprint density at radius 3 is 2.50 bits per heavy atom. The van der Waals surface area contributed by atoms with E-state index in [1.165, 1.54) is 0 Å². The minimum Gasteiger partial charge on any atom is -0.238 e. The van der Waals surface area contributed by atoms with Gasteiger partial charge in [0.1, 0.15) is 0 Å². The number of aryl methyl sites for hydroxylation is 1. The van der Waals surface area contributed by atoms with Crippen LogP contribution in [0.5, 0.6) is 0 Å². The summed E-state index contributed by atoms with van der Waals surface area (Å²) in [6.45, 7) is 2.01. The van der Waals surface area contributed by atoms with Crippen molar-refractivity contribution in [2.24, 2.45) is 4.99 Å². The van der Waals surface area contributed by atoms with Crippen molar-refractivity contribution in [1.29, 1.82) is 0 Å². The van der Waals surface area contributed by atoms with Gasteiger partial charge in [-0.3, -0.25) is 0 Å². The number of isocyanates is 1. The van der Waals surface area contributed by atoms with E-state index >= 15 is 0 Å².